The molecule has 0 radical (unpaired) electrons. The molecule has 2 aliphatic carbocycles. The summed E-state index contributed by atoms with van der Waals surface area (Å²) >= 11 is 0. The van der Waals surface area contributed by atoms with Gasteiger partial charge in [-0.15, -0.1) is 0 Å². The predicted octanol–water partition coefficient (Wildman–Crippen LogP) is 2.44. The molecule has 6 nitrogen and oxygen atoms in total. The summed E-state index contributed by atoms with van der Waals surface area (Å²) in [7, 11) is 0. The third kappa shape index (κ3) is 2.72. The van der Waals surface area contributed by atoms with Gasteiger partial charge < -0.3 is 14.9 Å². The lowest BCUT2D eigenvalue weighted by atomic mass is 10.0. The van der Waals surface area contributed by atoms with E-state index in [9.17, 15) is 9.90 Å². The molecular weight excluding hydrogens is 294 g/mol. The molecule has 4 rings (SSSR count). The zero-order valence-corrected chi connectivity index (χ0v) is 13.3. The second-order valence-corrected chi connectivity index (χ2v) is 6.93. The van der Waals surface area contributed by atoms with Gasteiger partial charge >= 0.3 is 0 Å². The van der Waals surface area contributed by atoms with Crippen molar-refractivity contribution in [1.82, 2.24) is 15.5 Å². The van der Waals surface area contributed by atoms with Crippen LogP contribution in [0.3, 0.4) is 0 Å². The highest BCUT2D eigenvalue weighted by atomic mass is 16.5. The van der Waals surface area contributed by atoms with Crippen molar-refractivity contribution in [2.24, 2.45) is 0 Å². The van der Waals surface area contributed by atoms with Gasteiger partial charge in [-0.2, -0.15) is 0 Å². The Labute approximate surface area is 134 Å². The second kappa shape index (κ2) is 5.30. The Morgan fingerprint density at radius 3 is 2.87 bits per heavy atom. The average Bonchev–Trinajstić information content (AvgIpc) is 3.21. The fraction of sp³-hybridized carbons (Fsp3) is 0.588. The van der Waals surface area contributed by atoms with Crippen molar-refractivity contribution in [3.8, 4) is 0 Å². The summed E-state index contributed by atoms with van der Waals surface area (Å²) in [5.74, 6) is 0.237. The Morgan fingerprint density at radius 2 is 2.17 bits per heavy atom. The minimum absolute atomic E-state index is 0.189. The average molecular weight is 315 g/mol. The molecule has 6 heteroatoms. The Hall–Kier alpha value is -1.95. The molecule has 0 unspecified atom stereocenters. The third-order valence-electron chi connectivity index (χ3n) is 4.99. The first-order valence-electron chi connectivity index (χ1n) is 8.33. The van der Waals surface area contributed by atoms with Crippen molar-refractivity contribution in [2.75, 3.05) is 6.54 Å². The fourth-order valence-corrected chi connectivity index (χ4v) is 3.43. The van der Waals surface area contributed by atoms with Crippen molar-refractivity contribution in [3.05, 3.63) is 23.0 Å². The molecule has 0 spiro atoms. The predicted molar refractivity (Wildman–Crippen MR) is 84.3 cm³/mol. The maximum Gasteiger partial charge on any atom is 0.259 e. The minimum atomic E-state index is -0.759. The highest BCUT2D eigenvalue weighted by Gasteiger charge is 2.32. The van der Waals surface area contributed by atoms with E-state index in [1.165, 1.54) is 0 Å². The lowest BCUT2D eigenvalue weighted by Crippen LogP contribution is -2.40. The van der Waals surface area contributed by atoms with Crippen molar-refractivity contribution in [2.45, 2.75) is 57.0 Å². The van der Waals surface area contributed by atoms with E-state index in [2.05, 4.69) is 15.5 Å². The number of carbonyl (C=O) groups excluding carboxylic acids is 1. The molecule has 2 heterocycles. The van der Waals surface area contributed by atoms with Crippen LogP contribution in [0.4, 0.5) is 0 Å². The molecule has 0 atom stereocenters. The van der Waals surface area contributed by atoms with Crippen molar-refractivity contribution in [3.63, 3.8) is 0 Å². The van der Waals surface area contributed by atoms with E-state index in [1.54, 1.807) is 0 Å². The van der Waals surface area contributed by atoms with Crippen molar-refractivity contribution >= 4 is 17.0 Å². The molecule has 2 saturated carbocycles. The molecule has 2 aromatic heterocycles. The first kappa shape index (κ1) is 14.6. The molecule has 0 aromatic carbocycles. The number of nitrogens with one attached hydrogen (secondary N) is 1. The summed E-state index contributed by atoms with van der Waals surface area (Å²) in [5.41, 5.74) is 1.79. The van der Waals surface area contributed by atoms with Gasteiger partial charge in [0.15, 0.2) is 0 Å². The van der Waals surface area contributed by atoms with Crippen LogP contribution in [-0.4, -0.2) is 33.3 Å². The van der Waals surface area contributed by atoms with Crippen molar-refractivity contribution < 1.29 is 14.4 Å². The number of aryl methyl sites for hydroxylation is 1. The van der Waals surface area contributed by atoms with E-state index >= 15 is 0 Å². The van der Waals surface area contributed by atoms with E-state index in [0.717, 1.165) is 44.2 Å². The quantitative estimate of drug-likeness (QED) is 0.904. The Balaban J connectivity index is 1.63. The van der Waals surface area contributed by atoms with Crippen LogP contribution in [-0.2, 0) is 0 Å². The number of hydrogen-bond donors (Lipinski definition) is 2. The maximum absolute atomic E-state index is 12.7. The molecule has 2 N–H and O–H groups in total. The standard InChI is InChI=1S/C17H21N3O3/c1-10-14-12(15(21)18-9-17(22)6-2-3-7-17)8-13(11-4-5-11)19-16(14)23-20-10/h8,11,22H,2-7,9H2,1H3,(H,18,21). The van der Waals surface area contributed by atoms with Gasteiger partial charge in [-0.25, -0.2) is 4.98 Å². The van der Waals surface area contributed by atoms with Gasteiger partial charge in [-0.05, 0) is 38.7 Å². The summed E-state index contributed by atoms with van der Waals surface area (Å²) in [4.78, 5) is 17.2. The first-order valence-corrected chi connectivity index (χ1v) is 8.33. The van der Waals surface area contributed by atoms with Gasteiger partial charge in [-0.1, -0.05) is 18.0 Å². The van der Waals surface area contributed by atoms with Crippen LogP contribution in [0.2, 0.25) is 0 Å². The topological polar surface area (TPSA) is 88.2 Å². The maximum atomic E-state index is 12.7. The first-order chi connectivity index (χ1) is 11.1. The summed E-state index contributed by atoms with van der Waals surface area (Å²) in [6.07, 6.45) is 5.74. The summed E-state index contributed by atoms with van der Waals surface area (Å²) in [6, 6.07) is 1.86. The largest absolute Gasteiger partial charge is 0.388 e. The molecule has 2 fully saturated rings. The Morgan fingerprint density at radius 1 is 1.43 bits per heavy atom. The van der Waals surface area contributed by atoms with Gasteiger partial charge in [0.05, 0.1) is 22.2 Å². The second-order valence-electron chi connectivity index (χ2n) is 6.93. The summed E-state index contributed by atoms with van der Waals surface area (Å²) < 4.78 is 5.27. The van der Waals surface area contributed by atoms with E-state index in [-0.39, 0.29) is 5.91 Å². The van der Waals surface area contributed by atoms with Gasteiger partial charge in [-0.3, -0.25) is 4.79 Å². The molecule has 0 saturated heterocycles. The van der Waals surface area contributed by atoms with Crippen LogP contribution in [0.15, 0.2) is 10.6 Å². The zero-order chi connectivity index (χ0) is 16.0. The van der Waals surface area contributed by atoms with Crippen LogP contribution in [0.1, 0.15) is 66.2 Å². The molecule has 2 aliphatic rings. The smallest absolute Gasteiger partial charge is 0.259 e. The highest BCUT2D eigenvalue weighted by molar-refractivity contribution is 6.06. The van der Waals surface area contributed by atoms with Crippen LogP contribution in [0.25, 0.3) is 11.1 Å². The number of amides is 1. The number of hydrogen-bond acceptors (Lipinski definition) is 5. The zero-order valence-electron chi connectivity index (χ0n) is 13.3. The number of aliphatic hydroxyl groups is 1. The van der Waals surface area contributed by atoms with E-state index in [4.69, 9.17) is 4.52 Å². The number of pyridine rings is 1. The van der Waals surface area contributed by atoms with Crippen LogP contribution in [0, 0.1) is 6.92 Å². The molecule has 0 bridgehead atoms. The van der Waals surface area contributed by atoms with Crippen LogP contribution in [0.5, 0.6) is 0 Å². The van der Waals surface area contributed by atoms with Crippen LogP contribution >= 0.6 is 0 Å². The Kier molecular flexibility index (Phi) is 3.37. The molecule has 1 amide bonds. The lowest BCUT2D eigenvalue weighted by molar-refractivity contribution is 0.0450. The van der Waals surface area contributed by atoms with Crippen molar-refractivity contribution in [1.29, 1.82) is 0 Å². The molecule has 0 aliphatic heterocycles. The van der Waals surface area contributed by atoms with Gasteiger partial charge in [0.1, 0.15) is 0 Å². The minimum Gasteiger partial charge on any atom is -0.388 e. The van der Waals surface area contributed by atoms with Gasteiger partial charge in [0.25, 0.3) is 11.6 Å². The third-order valence-corrected chi connectivity index (χ3v) is 4.99. The highest BCUT2D eigenvalue weighted by Crippen LogP contribution is 2.40. The summed E-state index contributed by atoms with van der Waals surface area (Å²) in [5, 5.41) is 17.9. The molecular formula is C17H21N3O3. The Bertz CT molecular complexity index is 758. The number of carbonyl (C=O) groups is 1. The number of fused-ring (bicyclic) bond motifs is 1. The van der Waals surface area contributed by atoms with E-state index in [1.807, 2.05) is 13.0 Å². The lowest BCUT2D eigenvalue weighted by Gasteiger charge is -2.22. The van der Waals surface area contributed by atoms with Gasteiger partial charge in [0, 0.05) is 18.2 Å². The van der Waals surface area contributed by atoms with E-state index in [0.29, 0.717) is 34.8 Å². The fourth-order valence-electron chi connectivity index (χ4n) is 3.43. The number of aromatic nitrogens is 2. The van der Waals surface area contributed by atoms with E-state index < -0.39 is 5.60 Å². The SMILES string of the molecule is Cc1noc2nc(C3CC3)cc(C(=O)NCC3(O)CCCC3)c12. The van der Waals surface area contributed by atoms with Crippen LogP contribution < -0.4 is 5.32 Å². The molecule has 2 aromatic rings. The molecule has 23 heavy (non-hydrogen) atoms. The molecule has 122 valence electrons. The normalized spacial score (nSPS) is 20.1. The number of rotatable bonds is 4. The number of nitrogens with zero attached hydrogens (tertiary/aromatic N) is 2. The monoisotopic (exact) mass is 315 g/mol. The summed E-state index contributed by atoms with van der Waals surface area (Å²) in [6.45, 7) is 2.10. The van der Waals surface area contributed by atoms with Gasteiger partial charge in [0.2, 0.25) is 0 Å².